The molecule has 6 heteroatoms. The van der Waals surface area contributed by atoms with Crippen LogP contribution in [0.3, 0.4) is 0 Å². The van der Waals surface area contributed by atoms with E-state index in [-0.39, 0.29) is 6.42 Å². The summed E-state index contributed by atoms with van der Waals surface area (Å²) in [6, 6.07) is 5.17. The lowest BCUT2D eigenvalue weighted by Crippen LogP contribution is -2.41. The number of hydrogen-bond donors (Lipinski definition) is 1. The van der Waals surface area contributed by atoms with Crippen LogP contribution in [0.2, 0.25) is 0 Å². The predicted molar refractivity (Wildman–Crippen MR) is 61.7 cm³/mol. The fourth-order valence-corrected chi connectivity index (χ4v) is 3.43. The number of hydrogen-bond acceptors (Lipinski definition) is 2. The van der Waals surface area contributed by atoms with E-state index < -0.39 is 23.3 Å². The van der Waals surface area contributed by atoms with Gasteiger partial charge in [0.2, 0.25) is 0 Å². The lowest BCUT2D eigenvalue weighted by molar-refractivity contribution is -0.160. The second kappa shape index (κ2) is 4.50. The van der Waals surface area contributed by atoms with Crippen molar-refractivity contribution in [1.29, 1.82) is 0 Å². The number of rotatable bonds is 1. The Balaban J connectivity index is 2.44. The molecular weight excluding hydrogens is 265 g/mol. The van der Waals surface area contributed by atoms with Crippen molar-refractivity contribution in [2.24, 2.45) is 5.92 Å². The van der Waals surface area contributed by atoms with Gasteiger partial charge in [-0.05, 0) is 24.5 Å². The summed E-state index contributed by atoms with van der Waals surface area (Å²) < 4.78 is 38.7. The minimum atomic E-state index is -4.51. The molecule has 1 heterocycles. The minimum absolute atomic E-state index is 0.0659. The van der Waals surface area contributed by atoms with Crippen LogP contribution in [0.5, 0.6) is 0 Å². The summed E-state index contributed by atoms with van der Waals surface area (Å²) in [5.41, 5.74) is 1.45. The third-order valence-corrected chi connectivity index (χ3v) is 4.65. The van der Waals surface area contributed by atoms with E-state index in [4.69, 9.17) is 5.11 Å². The van der Waals surface area contributed by atoms with Crippen LogP contribution in [-0.2, 0) is 11.2 Å². The second-order valence-electron chi connectivity index (χ2n) is 4.29. The van der Waals surface area contributed by atoms with Crippen LogP contribution in [0.1, 0.15) is 11.1 Å². The monoisotopic (exact) mass is 276 g/mol. The van der Waals surface area contributed by atoms with Crippen molar-refractivity contribution >= 4 is 17.7 Å². The fraction of sp³-hybridized carbons (Fsp3) is 0.417. The SMILES string of the molecule is Cc1cccc2c1SC(C(F)(F)F)C(C(=O)O)C2. The van der Waals surface area contributed by atoms with Crippen molar-refractivity contribution in [3.8, 4) is 0 Å². The van der Waals surface area contributed by atoms with Gasteiger partial charge in [-0.15, -0.1) is 11.8 Å². The molecule has 1 N–H and O–H groups in total. The van der Waals surface area contributed by atoms with E-state index in [0.29, 0.717) is 22.2 Å². The minimum Gasteiger partial charge on any atom is -0.481 e. The molecule has 1 aromatic rings. The zero-order valence-electron chi connectivity index (χ0n) is 9.49. The summed E-state index contributed by atoms with van der Waals surface area (Å²) in [5, 5.41) is 7.08. The van der Waals surface area contributed by atoms with Gasteiger partial charge in [0.15, 0.2) is 0 Å². The highest BCUT2D eigenvalue weighted by molar-refractivity contribution is 8.00. The Morgan fingerprint density at radius 2 is 2.11 bits per heavy atom. The first-order chi connectivity index (χ1) is 8.30. The van der Waals surface area contributed by atoms with Gasteiger partial charge in [-0.25, -0.2) is 0 Å². The van der Waals surface area contributed by atoms with Gasteiger partial charge in [0.1, 0.15) is 5.25 Å². The molecule has 0 amide bonds. The maximum atomic E-state index is 12.9. The largest absolute Gasteiger partial charge is 0.481 e. The van der Waals surface area contributed by atoms with Crippen molar-refractivity contribution in [3.05, 3.63) is 29.3 Å². The molecule has 2 rings (SSSR count). The number of benzene rings is 1. The van der Waals surface area contributed by atoms with Gasteiger partial charge in [-0.3, -0.25) is 4.79 Å². The number of carboxylic acid groups (broad SMARTS) is 1. The molecule has 0 aromatic heterocycles. The number of carbonyl (C=O) groups is 1. The molecule has 1 aromatic carbocycles. The molecule has 0 radical (unpaired) electrons. The predicted octanol–water partition coefficient (Wildman–Crippen LogP) is 3.27. The van der Waals surface area contributed by atoms with E-state index in [0.717, 1.165) is 5.56 Å². The molecule has 1 aliphatic heterocycles. The average Bonchev–Trinajstić information content (AvgIpc) is 2.26. The zero-order valence-corrected chi connectivity index (χ0v) is 10.3. The average molecular weight is 276 g/mol. The molecule has 2 unspecified atom stereocenters. The Kier molecular flexibility index (Phi) is 3.31. The number of fused-ring (bicyclic) bond motifs is 1. The molecule has 18 heavy (non-hydrogen) atoms. The molecule has 0 spiro atoms. The fourth-order valence-electron chi connectivity index (χ4n) is 2.11. The van der Waals surface area contributed by atoms with Crippen molar-refractivity contribution in [2.45, 2.75) is 29.7 Å². The van der Waals surface area contributed by atoms with Crippen LogP contribution in [-0.4, -0.2) is 22.5 Å². The highest BCUT2D eigenvalue weighted by Gasteiger charge is 2.50. The standard InChI is InChI=1S/C12H11F3O2S/c1-6-3-2-4-7-5-8(11(16)17)10(12(13,14)15)18-9(6)7/h2-4,8,10H,5H2,1H3,(H,16,17). The maximum Gasteiger partial charge on any atom is 0.401 e. The third kappa shape index (κ3) is 2.34. The summed E-state index contributed by atoms with van der Waals surface area (Å²) in [6.45, 7) is 1.74. The van der Waals surface area contributed by atoms with Crippen LogP contribution in [0.4, 0.5) is 13.2 Å². The van der Waals surface area contributed by atoms with E-state index in [1.165, 1.54) is 0 Å². The Morgan fingerprint density at radius 1 is 1.44 bits per heavy atom. The van der Waals surface area contributed by atoms with Gasteiger partial charge in [-0.2, -0.15) is 13.2 Å². The van der Waals surface area contributed by atoms with Crippen LogP contribution in [0.25, 0.3) is 0 Å². The number of aliphatic carboxylic acids is 1. The Bertz CT molecular complexity index is 485. The van der Waals surface area contributed by atoms with Gasteiger partial charge in [0.25, 0.3) is 0 Å². The summed E-state index contributed by atoms with van der Waals surface area (Å²) in [6.07, 6.45) is -4.57. The van der Waals surface area contributed by atoms with Crippen molar-refractivity contribution < 1.29 is 23.1 Å². The highest BCUT2D eigenvalue weighted by Crippen LogP contribution is 2.47. The third-order valence-electron chi connectivity index (χ3n) is 2.98. The molecule has 2 atom stereocenters. The quantitative estimate of drug-likeness (QED) is 0.855. The van der Waals surface area contributed by atoms with Gasteiger partial charge < -0.3 is 5.11 Å². The van der Waals surface area contributed by atoms with Crippen molar-refractivity contribution in [3.63, 3.8) is 0 Å². The molecule has 0 saturated carbocycles. The van der Waals surface area contributed by atoms with Gasteiger partial charge in [-0.1, -0.05) is 18.2 Å². The number of aryl methyl sites for hydroxylation is 1. The molecule has 0 aliphatic carbocycles. The highest BCUT2D eigenvalue weighted by atomic mass is 32.2. The van der Waals surface area contributed by atoms with Crippen LogP contribution in [0.15, 0.2) is 23.1 Å². The maximum absolute atomic E-state index is 12.9. The van der Waals surface area contributed by atoms with E-state index >= 15 is 0 Å². The van der Waals surface area contributed by atoms with E-state index in [9.17, 15) is 18.0 Å². The molecular formula is C12H11F3O2S. The first-order valence-electron chi connectivity index (χ1n) is 5.35. The Morgan fingerprint density at radius 3 is 2.67 bits per heavy atom. The summed E-state index contributed by atoms with van der Waals surface area (Å²) in [5.74, 6) is -2.80. The van der Waals surface area contributed by atoms with Crippen molar-refractivity contribution in [2.75, 3.05) is 0 Å². The zero-order chi connectivity index (χ0) is 13.5. The summed E-state index contributed by atoms with van der Waals surface area (Å²) in [4.78, 5) is 11.6. The van der Waals surface area contributed by atoms with E-state index in [1.807, 2.05) is 0 Å². The van der Waals surface area contributed by atoms with Crippen LogP contribution < -0.4 is 0 Å². The molecule has 0 saturated heterocycles. The molecule has 0 bridgehead atoms. The lowest BCUT2D eigenvalue weighted by Gasteiger charge is -2.32. The van der Waals surface area contributed by atoms with Crippen molar-refractivity contribution in [1.82, 2.24) is 0 Å². The lowest BCUT2D eigenvalue weighted by atomic mass is 9.94. The van der Waals surface area contributed by atoms with Crippen LogP contribution in [0, 0.1) is 12.8 Å². The van der Waals surface area contributed by atoms with Gasteiger partial charge in [0, 0.05) is 4.90 Å². The first kappa shape index (κ1) is 13.3. The topological polar surface area (TPSA) is 37.3 Å². The molecule has 1 aliphatic rings. The van der Waals surface area contributed by atoms with E-state index in [2.05, 4.69) is 0 Å². The van der Waals surface area contributed by atoms with Gasteiger partial charge >= 0.3 is 12.1 Å². The number of carboxylic acids is 1. The first-order valence-corrected chi connectivity index (χ1v) is 6.23. The molecule has 0 fully saturated rings. The summed E-state index contributed by atoms with van der Waals surface area (Å²) in [7, 11) is 0. The second-order valence-corrected chi connectivity index (χ2v) is 5.44. The Labute approximate surface area is 106 Å². The molecule has 98 valence electrons. The van der Waals surface area contributed by atoms with Gasteiger partial charge in [0.05, 0.1) is 5.92 Å². The molecule has 2 nitrogen and oxygen atoms in total. The number of halogens is 3. The van der Waals surface area contributed by atoms with E-state index in [1.54, 1.807) is 25.1 Å². The number of thioether (sulfide) groups is 1. The normalized spacial score (nSPS) is 23.6. The Hall–Kier alpha value is -1.17. The summed E-state index contributed by atoms with van der Waals surface area (Å²) >= 11 is 0.621. The van der Waals surface area contributed by atoms with Crippen LogP contribution >= 0.6 is 11.8 Å². The smallest absolute Gasteiger partial charge is 0.401 e. The number of alkyl halides is 3.